The molecule has 1 heterocycles. The Morgan fingerprint density at radius 1 is 1.38 bits per heavy atom. The fourth-order valence-electron chi connectivity index (χ4n) is 2.17. The van der Waals surface area contributed by atoms with E-state index < -0.39 is 0 Å². The van der Waals surface area contributed by atoms with Gasteiger partial charge in [-0.3, -0.25) is 4.98 Å². The monoisotopic (exact) mass is 222 g/mol. The van der Waals surface area contributed by atoms with Crippen molar-refractivity contribution in [3.63, 3.8) is 0 Å². The molecule has 0 amide bonds. The Labute approximate surface area is 98.2 Å². The van der Waals surface area contributed by atoms with E-state index in [1.54, 1.807) is 7.11 Å². The highest BCUT2D eigenvalue weighted by molar-refractivity contribution is 5.33. The van der Waals surface area contributed by atoms with Crippen LogP contribution in [0.4, 0.5) is 0 Å². The van der Waals surface area contributed by atoms with Crippen LogP contribution in [0, 0.1) is 20.8 Å². The Kier molecular flexibility index (Phi) is 4.90. The molecule has 1 atom stereocenters. The first-order valence-electron chi connectivity index (χ1n) is 5.73. The Hall–Kier alpha value is -0.930. The van der Waals surface area contributed by atoms with Gasteiger partial charge >= 0.3 is 0 Å². The second-order valence-electron chi connectivity index (χ2n) is 4.25. The molecular weight excluding hydrogens is 200 g/mol. The van der Waals surface area contributed by atoms with Gasteiger partial charge in [-0.2, -0.15) is 0 Å². The third-order valence-electron chi connectivity index (χ3n) is 2.77. The highest BCUT2D eigenvalue weighted by Gasteiger charge is 2.12. The van der Waals surface area contributed by atoms with Gasteiger partial charge in [0.05, 0.1) is 6.61 Å². The van der Waals surface area contributed by atoms with Crippen molar-refractivity contribution in [2.24, 2.45) is 0 Å². The Morgan fingerprint density at radius 2 is 2.06 bits per heavy atom. The number of methoxy groups -OCH3 is 1. The van der Waals surface area contributed by atoms with Gasteiger partial charge in [0.25, 0.3) is 0 Å². The number of ether oxygens (including phenoxy) is 1. The maximum Gasteiger partial charge on any atom is 0.0587 e. The van der Waals surface area contributed by atoms with Crippen LogP contribution in [0.2, 0.25) is 0 Å². The number of aromatic nitrogens is 1. The highest BCUT2D eigenvalue weighted by atomic mass is 16.5. The van der Waals surface area contributed by atoms with E-state index in [-0.39, 0.29) is 0 Å². The van der Waals surface area contributed by atoms with Crippen LogP contribution in [0.25, 0.3) is 0 Å². The highest BCUT2D eigenvalue weighted by Crippen LogP contribution is 2.20. The topological polar surface area (TPSA) is 34.1 Å². The summed E-state index contributed by atoms with van der Waals surface area (Å²) in [5, 5.41) is 3.44. The third-order valence-corrected chi connectivity index (χ3v) is 2.77. The summed E-state index contributed by atoms with van der Waals surface area (Å²) in [7, 11) is 1.72. The van der Waals surface area contributed by atoms with Gasteiger partial charge in [0.1, 0.15) is 0 Å². The standard InChI is InChI=1S/C13H22N2O/c1-9-8-10(2)15-12(4)13(9)11(3)14-6-7-16-5/h8,11,14H,6-7H2,1-5H3. The van der Waals surface area contributed by atoms with Gasteiger partial charge in [-0.25, -0.2) is 0 Å². The lowest BCUT2D eigenvalue weighted by Crippen LogP contribution is -2.24. The first-order chi connectivity index (χ1) is 7.56. The van der Waals surface area contributed by atoms with Gasteiger partial charge in [0.2, 0.25) is 0 Å². The molecule has 0 spiro atoms. The predicted octanol–water partition coefficient (Wildman–Crippen LogP) is 2.30. The summed E-state index contributed by atoms with van der Waals surface area (Å²) in [4.78, 5) is 4.51. The number of pyridine rings is 1. The minimum atomic E-state index is 0.322. The lowest BCUT2D eigenvalue weighted by molar-refractivity contribution is 0.196. The molecule has 16 heavy (non-hydrogen) atoms. The maximum atomic E-state index is 5.03. The Balaban J connectivity index is 2.78. The Bertz CT molecular complexity index is 327. The number of nitrogens with one attached hydrogen (secondary N) is 1. The molecule has 1 unspecified atom stereocenters. The van der Waals surface area contributed by atoms with Crippen LogP contribution in [0.5, 0.6) is 0 Å². The lowest BCUT2D eigenvalue weighted by atomic mass is 10.0. The molecular formula is C13H22N2O. The molecule has 0 aliphatic rings. The van der Waals surface area contributed by atoms with Crippen molar-refractivity contribution in [3.05, 3.63) is 28.6 Å². The predicted molar refractivity (Wildman–Crippen MR) is 66.7 cm³/mol. The van der Waals surface area contributed by atoms with Gasteiger partial charge in [0, 0.05) is 31.1 Å². The first-order valence-corrected chi connectivity index (χ1v) is 5.73. The largest absolute Gasteiger partial charge is 0.383 e. The average molecular weight is 222 g/mol. The van der Waals surface area contributed by atoms with Gasteiger partial charge in [-0.05, 0) is 44.9 Å². The summed E-state index contributed by atoms with van der Waals surface area (Å²) < 4.78 is 5.03. The number of hydrogen-bond acceptors (Lipinski definition) is 3. The van der Waals surface area contributed by atoms with E-state index in [4.69, 9.17) is 4.74 Å². The van der Waals surface area contributed by atoms with Crippen molar-refractivity contribution < 1.29 is 4.74 Å². The van der Waals surface area contributed by atoms with Crippen LogP contribution >= 0.6 is 0 Å². The molecule has 0 saturated carbocycles. The summed E-state index contributed by atoms with van der Waals surface area (Å²) in [6.45, 7) is 10.0. The molecule has 0 bridgehead atoms. The van der Waals surface area contributed by atoms with Crippen molar-refractivity contribution in [1.29, 1.82) is 0 Å². The van der Waals surface area contributed by atoms with Crippen LogP contribution in [0.1, 0.15) is 35.5 Å². The van der Waals surface area contributed by atoms with Crippen LogP contribution in [-0.4, -0.2) is 25.2 Å². The van der Waals surface area contributed by atoms with Crippen molar-refractivity contribution in [2.75, 3.05) is 20.3 Å². The van der Waals surface area contributed by atoms with Crippen LogP contribution < -0.4 is 5.32 Å². The molecule has 0 fully saturated rings. The minimum absolute atomic E-state index is 0.322. The molecule has 0 aliphatic carbocycles. The van der Waals surface area contributed by atoms with Crippen molar-refractivity contribution in [1.82, 2.24) is 10.3 Å². The number of nitrogens with zero attached hydrogens (tertiary/aromatic N) is 1. The lowest BCUT2D eigenvalue weighted by Gasteiger charge is -2.18. The van der Waals surface area contributed by atoms with Crippen LogP contribution in [0.3, 0.4) is 0 Å². The molecule has 1 rings (SSSR count). The first kappa shape index (κ1) is 13.1. The molecule has 3 nitrogen and oxygen atoms in total. The minimum Gasteiger partial charge on any atom is -0.383 e. The molecule has 1 N–H and O–H groups in total. The van der Waals surface area contributed by atoms with E-state index in [2.05, 4.69) is 37.1 Å². The quantitative estimate of drug-likeness (QED) is 0.776. The van der Waals surface area contributed by atoms with Gasteiger partial charge < -0.3 is 10.1 Å². The van der Waals surface area contributed by atoms with E-state index in [1.165, 1.54) is 11.1 Å². The number of hydrogen-bond donors (Lipinski definition) is 1. The van der Waals surface area contributed by atoms with Crippen molar-refractivity contribution in [3.8, 4) is 0 Å². The van der Waals surface area contributed by atoms with Crippen LogP contribution in [0.15, 0.2) is 6.07 Å². The third kappa shape index (κ3) is 3.29. The smallest absolute Gasteiger partial charge is 0.0587 e. The molecule has 0 aliphatic heterocycles. The van der Waals surface area contributed by atoms with Gasteiger partial charge in [0.15, 0.2) is 0 Å². The zero-order chi connectivity index (χ0) is 12.1. The molecule has 1 aromatic rings. The van der Waals surface area contributed by atoms with E-state index in [1.807, 2.05) is 6.92 Å². The second kappa shape index (κ2) is 5.97. The van der Waals surface area contributed by atoms with E-state index in [0.717, 1.165) is 24.5 Å². The van der Waals surface area contributed by atoms with E-state index in [9.17, 15) is 0 Å². The fourth-order valence-corrected chi connectivity index (χ4v) is 2.17. The zero-order valence-corrected chi connectivity index (χ0v) is 10.9. The van der Waals surface area contributed by atoms with Crippen molar-refractivity contribution in [2.45, 2.75) is 33.7 Å². The molecule has 0 saturated heterocycles. The normalized spacial score (nSPS) is 12.8. The summed E-state index contributed by atoms with van der Waals surface area (Å²) in [5.41, 5.74) is 4.82. The summed E-state index contributed by atoms with van der Waals surface area (Å²) in [6, 6.07) is 2.46. The van der Waals surface area contributed by atoms with Crippen LogP contribution in [-0.2, 0) is 4.74 Å². The average Bonchev–Trinajstić information content (AvgIpc) is 2.16. The van der Waals surface area contributed by atoms with E-state index >= 15 is 0 Å². The molecule has 3 heteroatoms. The summed E-state index contributed by atoms with van der Waals surface area (Å²) >= 11 is 0. The second-order valence-corrected chi connectivity index (χ2v) is 4.25. The maximum absolute atomic E-state index is 5.03. The fraction of sp³-hybridized carbons (Fsp3) is 0.615. The zero-order valence-electron chi connectivity index (χ0n) is 10.9. The van der Waals surface area contributed by atoms with Crippen molar-refractivity contribution >= 4 is 0 Å². The number of aryl methyl sites for hydroxylation is 3. The number of rotatable bonds is 5. The Morgan fingerprint density at radius 3 is 2.62 bits per heavy atom. The molecule has 1 aromatic heterocycles. The SMILES string of the molecule is COCCNC(C)c1c(C)cc(C)nc1C. The molecule has 90 valence electrons. The van der Waals surface area contributed by atoms with Gasteiger partial charge in [-0.15, -0.1) is 0 Å². The van der Waals surface area contributed by atoms with Gasteiger partial charge in [-0.1, -0.05) is 0 Å². The molecule has 0 radical (unpaired) electrons. The summed E-state index contributed by atoms with van der Waals surface area (Å²) in [6.07, 6.45) is 0. The molecule has 0 aromatic carbocycles. The summed E-state index contributed by atoms with van der Waals surface area (Å²) in [5.74, 6) is 0. The van der Waals surface area contributed by atoms with E-state index in [0.29, 0.717) is 6.04 Å².